The van der Waals surface area contributed by atoms with Gasteiger partial charge in [0, 0.05) is 0 Å². The van der Waals surface area contributed by atoms with Gasteiger partial charge in [-0.1, -0.05) is 37.1 Å². The number of hydrogen-bond acceptors (Lipinski definition) is 5. The van der Waals surface area contributed by atoms with Crippen molar-refractivity contribution in [2.75, 3.05) is 13.2 Å². The Balaban J connectivity index is 1.41. The average molecular weight is 441 g/mol. The molecule has 1 aliphatic heterocycles. The lowest BCUT2D eigenvalue weighted by Gasteiger charge is -2.34. The third-order valence-electron chi connectivity index (χ3n) is 6.25. The predicted octanol–water partition coefficient (Wildman–Crippen LogP) is 4.63. The van der Waals surface area contributed by atoms with Crippen molar-refractivity contribution >= 4 is 12.4 Å². The molecule has 0 saturated heterocycles. The SMILES string of the molecule is Cc1ccc(COC2CCCCC2OCC2(c3ccc(F)cc3)COC=N2)cc1C(=O)O. The van der Waals surface area contributed by atoms with Gasteiger partial charge in [0.2, 0.25) is 0 Å². The number of carboxylic acids is 1. The molecule has 0 radical (unpaired) electrons. The van der Waals surface area contributed by atoms with E-state index in [2.05, 4.69) is 4.99 Å². The maximum absolute atomic E-state index is 13.4. The molecule has 32 heavy (non-hydrogen) atoms. The maximum atomic E-state index is 13.4. The van der Waals surface area contributed by atoms with E-state index >= 15 is 0 Å². The van der Waals surface area contributed by atoms with Crippen LogP contribution in [0.5, 0.6) is 0 Å². The maximum Gasteiger partial charge on any atom is 0.335 e. The van der Waals surface area contributed by atoms with E-state index in [1.165, 1.54) is 18.5 Å². The highest BCUT2D eigenvalue weighted by atomic mass is 19.1. The highest BCUT2D eigenvalue weighted by molar-refractivity contribution is 5.89. The van der Waals surface area contributed by atoms with Gasteiger partial charge in [0.1, 0.15) is 18.0 Å². The number of rotatable bonds is 8. The van der Waals surface area contributed by atoms with Crippen molar-refractivity contribution < 1.29 is 28.5 Å². The molecule has 1 fully saturated rings. The van der Waals surface area contributed by atoms with Crippen molar-refractivity contribution in [2.24, 2.45) is 4.99 Å². The van der Waals surface area contributed by atoms with E-state index in [4.69, 9.17) is 14.2 Å². The van der Waals surface area contributed by atoms with E-state index in [1.54, 1.807) is 25.1 Å². The lowest BCUT2D eigenvalue weighted by atomic mass is 9.91. The molecule has 170 valence electrons. The Bertz CT molecular complexity index is 977. The van der Waals surface area contributed by atoms with Crippen molar-refractivity contribution in [2.45, 2.75) is 57.0 Å². The number of benzene rings is 2. The molecule has 4 rings (SSSR count). The summed E-state index contributed by atoms with van der Waals surface area (Å²) in [5.74, 6) is -1.23. The number of carboxylic acid groups (broad SMARTS) is 1. The fourth-order valence-corrected chi connectivity index (χ4v) is 4.31. The predicted molar refractivity (Wildman–Crippen MR) is 117 cm³/mol. The molecule has 6 nitrogen and oxygen atoms in total. The highest BCUT2D eigenvalue weighted by Gasteiger charge is 2.38. The van der Waals surface area contributed by atoms with Gasteiger partial charge in [0.15, 0.2) is 6.40 Å². The van der Waals surface area contributed by atoms with Gasteiger partial charge in [-0.15, -0.1) is 0 Å². The number of ether oxygens (including phenoxy) is 3. The molecule has 1 saturated carbocycles. The molecule has 3 unspecified atom stereocenters. The summed E-state index contributed by atoms with van der Waals surface area (Å²) in [4.78, 5) is 15.9. The lowest BCUT2D eigenvalue weighted by molar-refractivity contribution is -0.109. The summed E-state index contributed by atoms with van der Waals surface area (Å²) in [5.41, 5.74) is 2.01. The summed E-state index contributed by atoms with van der Waals surface area (Å²) in [5, 5.41) is 9.35. The number of carbonyl (C=O) groups is 1. The van der Waals surface area contributed by atoms with Crippen LogP contribution in [0.1, 0.15) is 52.7 Å². The summed E-state index contributed by atoms with van der Waals surface area (Å²) >= 11 is 0. The van der Waals surface area contributed by atoms with Gasteiger partial charge in [-0.2, -0.15) is 0 Å². The number of hydrogen-bond donors (Lipinski definition) is 1. The fourth-order valence-electron chi connectivity index (χ4n) is 4.31. The molecule has 0 bridgehead atoms. The smallest absolute Gasteiger partial charge is 0.335 e. The first-order chi connectivity index (χ1) is 15.5. The molecule has 1 aliphatic carbocycles. The fraction of sp³-hybridized carbons (Fsp3) is 0.440. The van der Waals surface area contributed by atoms with Crippen molar-refractivity contribution in [3.8, 4) is 0 Å². The zero-order valence-electron chi connectivity index (χ0n) is 18.1. The van der Waals surface area contributed by atoms with Crippen LogP contribution in [-0.2, 0) is 26.4 Å². The van der Waals surface area contributed by atoms with E-state index in [-0.39, 0.29) is 18.0 Å². The first-order valence-electron chi connectivity index (χ1n) is 10.9. The Morgan fingerprint density at radius 1 is 1.16 bits per heavy atom. The van der Waals surface area contributed by atoms with Crippen molar-refractivity contribution in [3.05, 3.63) is 70.5 Å². The standard InChI is InChI=1S/C25H28FNO5/c1-17-6-7-18(12-21(17)24(28)29)13-31-22-4-2-3-5-23(22)32-15-25(14-30-16-27-25)19-8-10-20(26)11-9-19/h6-12,16,22-23H,2-5,13-15H2,1H3,(H,28,29). The first-order valence-corrected chi connectivity index (χ1v) is 10.9. The molecule has 0 spiro atoms. The molecular weight excluding hydrogens is 413 g/mol. The molecule has 0 amide bonds. The molecule has 1 N–H and O–H groups in total. The summed E-state index contributed by atoms with van der Waals surface area (Å²) in [7, 11) is 0. The van der Waals surface area contributed by atoms with Crippen LogP contribution in [-0.4, -0.2) is 42.9 Å². The summed E-state index contributed by atoms with van der Waals surface area (Å²) in [6, 6.07) is 11.7. The van der Waals surface area contributed by atoms with Crippen LogP contribution in [0.25, 0.3) is 0 Å². The topological polar surface area (TPSA) is 77.3 Å². The summed E-state index contributed by atoms with van der Waals surface area (Å²) in [6.45, 7) is 2.77. The number of aliphatic imine (C=N–C) groups is 1. The summed E-state index contributed by atoms with van der Waals surface area (Å²) < 4.78 is 31.3. The van der Waals surface area contributed by atoms with Crippen LogP contribution in [0.2, 0.25) is 0 Å². The molecule has 3 atom stereocenters. The van der Waals surface area contributed by atoms with Gasteiger partial charge in [-0.25, -0.2) is 14.2 Å². The molecule has 0 aromatic heterocycles. The third-order valence-corrected chi connectivity index (χ3v) is 6.25. The molecular formula is C25H28FNO5. The van der Waals surface area contributed by atoms with E-state index < -0.39 is 11.5 Å². The van der Waals surface area contributed by atoms with Crippen LogP contribution in [0.15, 0.2) is 47.5 Å². The second kappa shape index (κ2) is 9.79. The largest absolute Gasteiger partial charge is 0.480 e. The van der Waals surface area contributed by atoms with Crippen LogP contribution in [0, 0.1) is 12.7 Å². The van der Waals surface area contributed by atoms with Gasteiger partial charge in [0.05, 0.1) is 31.0 Å². The summed E-state index contributed by atoms with van der Waals surface area (Å²) in [6.07, 6.45) is 5.12. The zero-order chi connectivity index (χ0) is 22.6. The first kappa shape index (κ1) is 22.4. The minimum Gasteiger partial charge on any atom is -0.480 e. The minimum absolute atomic E-state index is 0.0881. The normalized spacial score (nSPS) is 24.9. The van der Waals surface area contributed by atoms with Crippen molar-refractivity contribution in [1.82, 2.24) is 0 Å². The van der Waals surface area contributed by atoms with Crippen molar-refractivity contribution in [3.63, 3.8) is 0 Å². The molecule has 2 aliphatic rings. The van der Waals surface area contributed by atoms with E-state index in [0.29, 0.717) is 25.4 Å². The third kappa shape index (κ3) is 5.00. The average Bonchev–Trinajstić information content (AvgIpc) is 3.28. The van der Waals surface area contributed by atoms with E-state index in [9.17, 15) is 14.3 Å². The van der Waals surface area contributed by atoms with Crippen molar-refractivity contribution in [1.29, 1.82) is 0 Å². The molecule has 1 heterocycles. The molecule has 2 aromatic rings. The quantitative estimate of drug-likeness (QED) is 0.646. The second-order valence-electron chi connectivity index (χ2n) is 8.52. The minimum atomic E-state index is -0.936. The van der Waals surface area contributed by atoms with Crippen LogP contribution in [0.3, 0.4) is 0 Å². The van der Waals surface area contributed by atoms with Crippen LogP contribution < -0.4 is 0 Å². The Morgan fingerprint density at radius 2 is 1.88 bits per heavy atom. The Morgan fingerprint density at radius 3 is 2.53 bits per heavy atom. The number of nitrogens with zero attached hydrogens (tertiary/aromatic N) is 1. The Hall–Kier alpha value is -2.77. The molecule has 2 aromatic carbocycles. The second-order valence-corrected chi connectivity index (χ2v) is 8.52. The van der Waals surface area contributed by atoms with Crippen LogP contribution >= 0.6 is 0 Å². The van der Waals surface area contributed by atoms with Gasteiger partial charge < -0.3 is 19.3 Å². The van der Waals surface area contributed by atoms with E-state index in [0.717, 1.165) is 42.4 Å². The number of halogens is 1. The Kier molecular flexibility index (Phi) is 6.86. The Labute approximate surface area is 187 Å². The lowest BCUT2D eigenvalue weighted by Crippen LogP contribution is -2.40. The van der Waals surface area contributed by atoms with Gasteiger partial charge in [-0.05, 0) is 54.7 Å². The van der Waals surface area contributed by atoms with Crippen LogP contribution in [0.4, 0.5) is 4.39 Å². The van der Waals surface area contributed by atoms with Gasteiger partial charge in [0.25, 0.3) is 0 Å². The molecule has 7 heteroatoms. The number of aromatic carboxylic acids is 1. The highest BCUT2D eigenvalue weighted by Crippen LogP contribution is 2.33. The zero-order valence-corrected chi connectivity index (χ0v) is 18.1. The van der Waals surface area contributed by atoms with Gasteiger partial charge >= 0.3 is 5.97 Å². The number of aryl methyl sites for hydroxylation is 1. The van der Waals surface area contributed by atoms with Gasteiger partial charge in [-0.3, -0.25) is 0 Å². The monoisotopic (exact) mass is 441 g/mol. The van der Waals surface area contributed by atoms with E-state index in [1.807, 2.05) is 12.1 Å².